The van der Waals surface area contributed by atoms with E-state index in [0.717, 1.165) is 34.2 Å². The number of aryl methyl sites for hydroxylation is 3. The van der Waals surface area contributed by atoms with Gasteiger partial charge in [-0.25, -0.2) is 28.0 Å². The highest BCUT2D eigenvalue weighted by Crippen LogP contribution is 2.63. The van der Waals surface area contributed by atoms with Crippen LogP contribution >= 0.6 is 11.3 Å². The summed E-state index contributed by atoms with van der Waals surface area (Å²) >= 11 is 1.38. The number of H-pyrrole nitrogens is 1. The monoisotopic (exact) mass is 736 g/mol. The van der Waals surface area contributed by atoms with Crippen LogP contribution in [0.2, 0.25) is 0 Å². The Morgan fingerprint density at radius 1 is 1.06 bits per heavy atom. The maximum Gasteiger partial charge on any atom is 0.434 e. The van der Waals surface area contributed by atoms with E-state index in [2.05, 4.69) is 15.5 Å². The third kappa shape index (κ3) is 4.73. The van der Waals surface area contributed by atoms with Gasteiger partial charge >= 0.3 is 5.76 Å². The number of alkyl halides is 1. The summed E-state index contributed by atoms with van der Waals surface area (Å²) in [5.74, 6) is -0.837. The van der Waals surface area contributed by atoms with E-state index >= 15 is 4.39 Å². The van der Waals surface area contributed by atoms with E-state index < -0.39 is 29.3 Å². The number of pyridine rings is 2. The molecule has 2 N–H and O–H groups in total. The molecule has 2 saturated heterocycles. The van der Waals surface area contributed by atoms with Gasteiger partial charge in [0.25, 0.3) is 11.8 Å². The topological polar surface area (TPSA) is 126 Å². The number of carbonyl (C=O) groups is 1. The highest BCUT2D eigenvalue weighted by molar-refractivity contribution is 7.23. The SMILES string of the molecule is COc1c(F)ccc2c1C[C@H](F)[C@@H]2Nc1nc(C)cc2cc(-c3c4c(nc(CCc5ccc(F)cc5)c3-c3n[nH]c(=O)o3)C35CC(CN3C4=O)C5)sc12. The van der Waals surface area contributed by atoms with E-state index in [9.17, 15) is 18.4 Å². The van der Waals surface area contributed by atoms with Crippen LogP contribution in [0, 0.1) is 24.5 Å². The molecule has 0 unspecified atom stereocenters. The minimum atomic E-state index is -1.37. The number of carbonyl (C=O) groups excluding carboxylic acids is 1. The second-order valence-electron chi connectivity index (χ2n) is 14.4. The van der Waals surface area contributed by atoms with E-state index in [1.165, 1.54) is 36.6 Å². The van der Waals surface area contributed by atoms with E-state index in [-0.39, 0.29) is 29.8 Å². The van der Waals surface area contributed by atoms with Crippen LogP contribution in [-0.4, -0.2) is 50.8 Å². The maximum atomic E-state index is 15.8. The summed E-state index contributed by atoms with van der Waals surface area (Å²) in [4.78, 5) is 39.5. The normalized spacial score (nSPS) is 22.2. The Bertz CT molecular complexity index is 2580. The summed E-state index contributed by atoms with van der Waals surface area (Å²) < 4.78 is 55.7. The maximum absolute atomic E-state index is 15.8. The van der Waals surface area contributed by atoms with Gasteiger partial charge in [-0.1, -0.05) is 18.2 Å². The third-order valence-corrected chi connectivity index (χ3v) is 12.5. The molecule has 10 nitrogen and oxygen atoms in total. The zero-order chi connectivity index (χ0) is 36.3. The predicted molar refractivity (Wildman–Crippen MR) is 191 cm³/mol. The summed E-state index contributed by atoms with van der Waals surface area (Å²) in [7, 11) is 1.37. The Balaban J connectivity index is 1.16. The van der Waals surface area contributed by atoms with Gasteiger partial charge in [-0.2, -0.15) is 0 Å². The largest absolute Gasteiger partial charge is 0.493 e. The molecule has 4 aromatic heterocycles. The number of rotatable bonds is 8. The van der Waals surface area contributed by atoms with Crippen LogP contribution in [0.25, 0.3) is 32.0 Å². The molecule has 2 atom stereocenters. The number of thiophene rings is 1. The van der Waals surface area contributed by atoms with Crippen molar-refractivity contribution in [3.63, 3.8) is 0 Å². The van der Waals surface area contributed by atoms with Crippen molar-refractivity contribution in [2.75, 3.05) is 19.0 Å². The standard InChI is InChI=1S/C39H31F3N6O4S/c1-17-11-20-12-27(53-33(20)35(43-17)45-31-22-8-9-24(41)32(51-2)23(22)13-25(31)42)29-28(36-46-47-38(50)52-36)26(10-5-18-3-6-21(40)7-4-18)44-34-30(29)37(49)48-16-19-14-39(34,48)15-19/h3-4,6-9,11-12,19,25,31H,5,10,13-16H2,1-2H3,(H,43,45)(H,47,50)/t19?,25-,31+,39?/m0/s1. The lowest BCUT2D eigenvalue weighted by molar-refractivity contribution is 0.0637. The Morgan fingerprint density at radius 3 is 2.62 bits per heavy atom. The molecule has 7 heterocycles. The van der Waals surface area contributed by atoms with Crippen molar-refractivity contribution < 1.29 is 27.1 Å². The quantitative estimate of drug-likeness (QED) is 0.168. The summed E-state index contributed by atoms with van der Waals surface area (Å²) in [6.07, 6.45) is 1.19. The highest BCUT2D eigenvalue weighted by atomic mass is 32.1. The summed E-state index contributed by atoms with van der Waals surface area (Å²) in [5.41, 5.74) is 4.95. The van der Waals surface area contributed by atoms with Gasteiger partial charge < -0.3 is 19.4 Å². The number of nitrogens with one attached hydrogen (secondary N) is 2. The first-order chi connectivity index (χ1) is 25.6. The number of methoxy groups -OCH3 is 1. The molecule has 53 heavy (non-hydrogen) atoms. The predicted octanol–water partition coefficient (Wildman–Crippen LogP) is 7.20. The Morgan fingerprint density at radius 2 is 1.87 bits per heavy atom. The molecule has 0 radical (unpaired) electrons. The van der Waals surface area contributed by atoms with E-state index in [4.69, 9.17) is 19.1 Å². The summed E-state index contributed by atoms with van der Waals surface area (Å²) in [6.45, 7) is 2.50. The molecule has 6 aromatic rings. The molecular formula is C39H31F3N6O4S. The van der Waals surface area contributed by atoms with Crippen LogP contribution in [0.3, 0.4) is 0 Å². The average molecular weight is 737 g/mol. The fourth-order valence-electron chi connectivity index (χ4n) is 9.06. The van der Waals surface area contributed by atoms with Crippen molar-refractivity contribution in [3.8, 4) is 27.6 Å². The van der Waals surface area contributed by atoms with Crippen LogP contribution < -0.4 is 15.8 Å². The lowest BCUT2D eigenvalue weighted by Crippen LogP contribution is -2.40. The number of fused-ring (bicyclic) bond motifs is 3. The molecule has 268 valence electrons. The van der Waals surface area contributed by atoms with Gasteiger partial charge in [0, 0.05) is 34.7 Å². The van der Waals surface area contributed by atoms with Gasteiger partial charge in [0.15, 0.2) is 11.6 Å². The number of benzene rings is 2. The van der Waals surface area contributed by atoms with Crippen molar-refractivity contribution in [3.05, 3.63) is 110 Å². The zero-order valence-electron chi connectivity index (χ0n) is 28.6. The van der Waals surface area contributed by atoms with Crippen molar-refractivity contribution >= 4 is 33.1 Å². The van der Waals surface area contributed by atoms with Crippen LogP contribution in [0.4, 0.5) is 19.0 Å². The molecule has 2 bridgehead atoms. The number of amides is 1. The first kappa shape index (κ1) is 32.2. The number of ether oxygens (including phenoxy) is 1. The van der Waals surface area contributed by atoms with Gasteiger partial charge in [-0.05, 0) is 85.4 Å². The first-order valence-electron chi connectivity index (χ1n) is 17.5. The number of halogens is 3. The molecule has 14 heteroatoms. The molecule has 1 saturated carbocycles. The Kier molecular flexibility index (Phi) is 6.98. The number of aromatic nitrogens is 4. The zero-order valence-corrected chi connectivity index (χ0v) is 29.4. The highest BCUT2D eigenvalue weighted by Gasteiger charge is 2.65. The second-order valence-corrected chi connectivity index (χ2v) is 15.5. The van der Waals surface area contributed by atoms with Gasteiger partial charge in [0.05, 0.1) is 45.9 Å². The second kappa shape index (κ2) is 11.5. The van der Waals surface area contributed by atoms with Crippen LogP contribution in [0.5, 0.6) is 5.75 Å². The fraction of sp³-hybridized carbons (Fsp3) is 0.308. The Labute approximate surface area is 304 Å². The lowest BCUT2D eigenvalue weighted by Gasteiger charge is -2.37. The molecule has 1 amide bonds. The number of hydrogen-bond donors (Lipinski definition) is 2. The number of nitrogens with zero attached hydrogens (tertiary/aromatic N) is 4. The molecule has 3 fully saturated rings. The Hall–Kier alpha value is -5.50. The van der Waals surface area contributed by atoms with Gasteiger partial charge in [-0.15, -0.1) is 16.4 Å². The summed E-state index contributed by atoms with van der Waals surface area (Å²) in [5, 5.41) is 10.8. The minimum absolute atomic E-state index is 0.00683. The van der Waals surface area contributed by atoms with Crippen LogP contribution in [0.15, 0.2) is 57.7 Å². The van der Waals surface area contributed by atoms with Crippen molar-refractivity contribution in [1.29, 1.82) is 0 Å². The lowest BCUT2D eigenvalue weighted by atomic mass is 9.71. The average Bonchev–Trinajstić information content (AvgIpc) is 3.97. The van der Waals surface area contributed by atoms with E-state index in [1.54, 1.807) is 18.2 Å². The molecule has 5 aliphatic rings. The van der Waals surface area contributed by atoms with Crippen molar-refractivity contribution in [2.45, 2.75) is 56.8 Å². The van der Waals surface area contributed by atoms with Gasteiger partial charge in [-0.3, -0.25) is 9.78 Å². The number of anilines is 1. The number of hydrogen-bond acceptors (Lipinski definition) is 9. The van der Waals surface area contributed by atoms with Crippen molar-refractivity contribution in [1.82, 2.24) is 25.1 Å². The number of aromatic amines is 1. The first-order valence-corrected chi connectivity index (χ1v) is 18.3. The molecule has 1 spiro atoms. The molecule has 11 rings (SSSR count). The molecular weight excluding hydrogens is 706 g/mol. The third-order valence-electron chi connectivity index (χ3n) is 11.3. The summed E-state index contributed by atoms with van der Waals surface area (Å²) in [6, 6.07) is 12.2. The van der Waals surface area contributed by atoms with Gasteiger partial charge in [0.1, 0.15) is 17.8 Å². The fourth-order valence-corrected chi connectivity index (χ4v) is 10.2. The molecule has 2 aromatic carbocycles. The minimum Gasteiger partial charge on any atom is -0.493 e. The van der Waals surface area contributed by atoms with Crippen LogP contribution in [-0.2, 0) is 24.8 Å². The van der Waals surface area contributed by atoms with Gasteiger partial charge in [0.2, 0.25) is 0 Å². The van der Waals surface area contributed by atoms with E-state index in [0.29, 0.717) is 75.2 Å². The van der Waals surface area contributed by atoms with Crippen LogP contribution in [0.1, 0.15) is 63.0 Å². The van der Waals surface area contributed by atoms with Crippen molar-refractivity contribution in [2.24, 2.45) is 5.92 Å². The van der Waals surface area contributed by atoms with E-state index in [1.807, 2.05) is 24.0 Å². The molecule has 2 aliphatic carbocycles. The smallest absolute Gasteiger partial charge is 0.434 e. The molecule has 3 aliphatic heterocycles.